The van der Waals surface area contributed by atoms with Gasteiger partial charge in [0.2, 0.25) is 0 Å². The van der Waals surface area contributed by atoms with Gasteiger partial charge in [0.1, 0.15) is 5.75 Å². The van der Waals surface area contributed by atoms with E-state index in [2.05, 4.69) is 5.10 Å². The van der Waals surface area contributed by atoms with E-state index in [4.69, 9.17) is 9.47 Å². The number of aromatic nitrogens is 2. The van der Waals surface area contributed by atoms with Crippen LogP contribution in [0.15, 0.2) is 42.5 Å². The molecule has 0 radical (unpaired) electrons. The van der Waals surface area contributed by atoms with Crippen LogP contribution in [-0.2, 0) is 22.5 Å². The number of aryl methyl sites for hydroxylation is 3. The summed E-state index contributed by atoms with van der Waals surface area (Å²) in [6.07, 6.45) is 0.588. The van der Waals surface area contributed by atoms with Gasteiger partial charge in [-0.25, -0.2) is 9.48 Å². The van der Waals surface area contributed by atoms with Crippen LogP contribution in [0.4, 0.5) is 0 Å². The van der Waals surface area contributed by atoms with E-state index in [1.165, 1.54) is 0 Å². The van der Waals surface area contributed by atoms with Crippen molar-refractivity contribution in [1.29, 1.82) is 0 Å². The van der Waals surface area contributed by atoms with Crippen molar-refractivity contribution in [3.63, 3.8) is 0 Å². The Labute approximate surface area is 193 Å². The van der Waals surface area contributed by atoms with Crippen LogP contribution in [0.5, 0.6) is 5.75 Å². The number of nitrogens with zero attached hydrogens (tertiary/aromatic N) is 3. The Bertz CT molecular complexity index is 1180. The number of carbonyl (C=O) groups is 2. The Hall–Kier alpha value is -3.61. The Balaban J connectivity index is 1.56. The van der Waals surface area contributed by atoms with Gasteiger partial charge in [0.05, 0.1) is 24.5 Å². The number of hydrogen-bond acceptors (Lipinski definition) is 5. The molecule has 7 heteroatoms. The van der Waals surface area contributed by atoms with Gasteiger partial charge in [-0.15, -0.1) is 0 Å². The molecule has 1 amide bonds. The third-order valence-corrected chi connectivity index (χ3v) is 5.84. The minimum Gasteiger partial charge on any atom is -0.484 e. The summed E-state index contributed by atoms with van der Waals surface area (Å²) in [4.78, 5) is 27.3. The summed E-state index contributed by atoms with van der Waals surface area (Å²) >= 11 is 0. The predicted octanol–water partition coefficient (Wildman–Crippen LogP) is 3.94. The van der Waals surface area contributed by atoms with Crippen molar-refractivity contribution in [2.24, 2.45) is 0 Å². The number of benzene rings is 2. The normalized spacial score (nSPS) is 12.9. The molecule has 2 aromatic carbocycles. The van der Waals surface area contributed by atoms with E-state index in [-0.39, 0.29) is 24.8 Å². The first-order chi connectivity index (χ1) is 15.9. The van der Waals surface area contributed by atoms with Crippen LogP contribution < -0.4 is 4.74 Å². The van der Waals surface area contributed by atoms with E-state index in [1.807, 2.05) is 63.2 Å². The first-order valence-electron chi connectivity index (χ1n) is 11.2. The smallest absolute Gasteiger partial charge is 0.359 e. The van der Waals surface area contributed by atoms with E-state index in [1.54, 1.807) is 16.5 Å². The van der Waals surface area contributed by atoms with Gasteiger partial charge in [-0.1, -0.05) is 35.4 Å². The Kier molecular flexibility index (Phi) is 6.49. The van der Waals surface area contributed by atoms with Crippen LogP contribution in [-0.4, -0.2) is 46.3 Å². The summed E-state index contributed by atoms with van der Waals surface area (Å²) in [6, 6.07) is 13.9. The van der Waals surface area contributed by atoms with Crippen LogP contribution in [0.3, 0.4) is 0 Å². The van der Waals surface area contributed by atoms with Crippen molar-refractivity contribution < 1.29 is 19.1 Å². The minimum atomic E-state index is -0.472. The lowest BCUT2D eigenvalue weighted by Gasteiger charge is -2.28. The number of fused-ring (bicyclic) bond motifs is 1. The molecule has 4 rings (SSSR count). The fourth-order valence-electron chi connectivity index (χ4n) is 4.09. The molecule has 0 aliphatic carbocycles. The molecule has 7 nitrogen and oxygen atoms in total. The van der Waals surface area contributed by atoms with Gasteiger partial charge in [-0.2, -0.15) is 5.10 Å². The quantitative estimate of drug-likeness (QED) is 0.535. The first-order valence-corrected chi connectivity index (χ1v) is 11.2. The molecular weight excluding hydrogens is 418 g/mol. The molecule has 0 saturated carbocycles. The van der Waals surface area contributed by atoms with Gasteiger partial charge >= 0.3 is 5.97 Å². The number of esters is 1. The molecule has 33 heavy (non-hydrogen) atoms. The molecule has 2 heterocycles. The highest BCUT2D eigenvalue weighted by Gasteiger charge is 2.31. The third kappa shape index (κ3) is 4.77. The molecule has 0 fully saturated rings. The van der Waals surface area contributed by atoms with E-state index in [9.17, 15) is 9.59 Å². The van der Waals surface area contributed by atoms with Gasteiger partial charge in [0.15, 0.2) is 12.3 Å². The second kappa shape index (κ2) is 9.48. The van der Waals surface area contributed by atoms with E-state index in [0.29, 0.717) is 25.3 Å². The predicted molar refractivity (Wildman–Crippen MR) is 125 cm³/mol. The molecule has 0 unspecified atom stereocenters. The van der Waals surface area contributed by atoms with Crippen LogP contribution in [0.1, 0.15) is 45.4 Å². The second-order valence-electron chi connectivity index (χ2n) is 8.36. The number of rotatable bonds is 6. The molecule has 1 aliphatic rings. The lowest BCUT2D eigenvalue weighted by atomic mass is 10.0. The minimum absolute atomic E-state index is 0.0555. The number of hydrogen-bond donors (Lipinski definition) is 0. The fourth-order valence-corrected chi connectivity index (χ4v) is 4.09. The van der Waals surface area contributed by atoms with Crippen LogP contribution in [0.25, 0.3) is 5.69 Å². The maximum Gasteiger partial charge on any atom is 0.359 e. The van der Waals surface area contributed by atoms with Crippen molar-refractivity contribution in [3.8, 4) is 11.4 Å². The number of ether oxygens (including phenoxy) is 2. The molecular formula is C26H29N3O4. The maximum absolute atomic E-state index is 12.9. The average molecular weight is 448 g/mol. The highest BCUT2D eigenvalue weighted by atomic mass is 16.5. The molecule has 0 bridgehead atoms. The summed E-state index contributed by atoms with van der Waals surface area (Å²) in [5.41, 5.74) is 6.09. The Morgan fingerprint density at radius 3 is 2.45 bits per heavy atom. The van der Waals surface area contributed by atoms with E-state index < -0.39 is 5.97 Å². The highest BCUT2D eigenvalue weighted by molar-refractivity contribution is 5.90. The summed E-state index contributed by atoms with van der Waals surface area (Å²) in [7, 11) is 0. The van der Waals surface area contributed by atoms with Crippen molar-refractivity contribution in [2.75, 3.05) is 19.8 Å². The molecule has 172 valence electrons. The largest absolute Gasteiger partial charge is 0.484 e. The lowest BCUT2D eigenvalue weighted by Crippen LogP contribution is -2.39. The molecule has 0 saturated heterocycles. The average Bonchev–Trinajstić information content (AvgIpc) is 3.18. The number of carbonyl (C=O) groups excluding carboxylic acids is 2. The topological polar surface area (TPSA) is 73.7 Å². The molecule has 0 spiro atoms. The Morgan fingerprint density at radius 2 is 1.76 bits per heavy atom. The van der Waals surface area contributed by atoms with E-state index >= 15 is 0 Å². The lowest BCUT2D eigenvalue weighted by molar-refractivity contribution is -0.134. The zero-order valence-electron chi connectivity index (χ0n) is 19.6. The monoisotopic (exact) mass is 447 g/mol. The molecule has 3 aromatic rings. The van der Waals surface area contributed by atoms with Crippen molar-refractivity contribution in [2.45, 2.75) is 40.7 Å². The standard InChI is InChI=1S/C26H29N3O4/c1-5-32-26(31)25-21-15-28(24(30)16-33-23-11-8-18(3)14-19(23)4)13-12-22(21)29(27-25)20-9-6-17(2)7-10-20/h6-11,14H,5,12-13,15-16H2,1-4H3. The highest BCUT2D eigenvalue weighted by Crippen LogP contribution is 2.27. The molecule has 0 atom stereocenters. The van der Waals surface area contributed by atoms with Gasteiger partial charge in [0, 0.05) is 18.5 Å². The first kappa shape index (κ1) is 22.6. The van der Waals surface area contributed by atoms with Crippen LogP contribution in [0, 0.1) is 20.8 Å². The SMILES string of the molecule is CCOC(=O)c1nn(-c2ccc(C)cc2)c2c1CN(C(=O)COc1ccc(C)cc1C)CC2. The van der Waals surface area contributed by atoms with Crippen molar-refractivity contribution >= 4 is 11.9 Å². The molecule has 1 aromatic heterocycles. The van der Waals surface area contributed by atoms with Gasteiger partial charge < -0.3 is 14.4 Å². The second-order valence-corrected chi connectivity index (χ2v) is 8.36. The van der Waals surface area contributed by atoms with Crippen LogP contribution in [0.2, 0.25) is 0 Å². The summed E-state index contributed by atoms with van der Waals surface area (Å²) in [5.74, 6) is 0.102. The fraction of sp³-hybridized carbons (Fsp3) is 0.346. The van der Waals surface area contributed by atoms with Crippen LogP contribution >= 0.6 is 0 Å². The summed E-state index contributed by atoms with van der Waals surface area (Å²) in [6.45, 7) is 8.80. The third-order valence-electron chi connectivity index (χ3n) is 5.84. The van der Waals surface area contributed by atoms with Crippen molar-refractivity contribution in [1.82, 2.24) is 14.7 Å². The molecule has 1 aliphatic heterocycles. The van der Waals surface area contributed by atoms with Gasteiger partial charge in [-0.05, 0) is 51.5 Å². The van der Waals surface area contributed by atoms with Crippen molar-refractivity contribution in [3.05, 3.63) is 76.1 Å². The zero-order valence-corrected chi connectivity index (χ0v) is 19.6. The van der Waals surface area contributed by atoms with Gasteiger partial charge in [-0.3, -0.25) is 4.79 Å². The summed E-state index contributed by atoms with van der Waals surface area (Å²) in [5, 5.41) is 4.59. The molecule has 0 N–H and O–H groups in total. The Morgan fingerprint density at radius 1 is 1.03 bits per heavy atom. The van der Waals surface area contributed by atoms with E-state index in [0.717, 1.165) is 33.6 Å². The number of amides is 1. The van der Waals surface area contributed by atoms with Gasteiger partial charge in [0.25, 0.3) is 5.91 Å². The summed E-state index contributed by atoms with van der Waals surface area (Å²) < 4.78 is 12.8. The maximum atomic E-state index is 12.9. The zero-order chi connectivity index (χ0) is 23.5.